The van der Waals surface area contributed by atoms with Crippen LogP contribution in [0.2, 0.25) is 0 Å². The van der Waals surface area contributed by atoms with Gasteiger partial charge in [0.25, 0.3) is 0 Å². The van der Waals surface area contributed by atoms with Gasteiger partial charge in [-0.2, -0.15) is 0 Å². The molecule has 0 saturated carbocycles. The van der Waals surface area contributed by atoms with E-state index in [4.69, 9.17) is 4.74 Å². The molecule has 0 fully saturated rings. The number of hydrogen-bond acceptors (Lipinski definition) is 3. The summed E-state index contributed by atoms with van der Waals surface area (Å²) < 4.78 is 5.69. The second-order valence-corrected chi connectivity index (χ2v) is 5.10. The lowest BCUT2D eigenvalue weighted by atomic mass is 10.1. The molecule has 0 aliphatic carbocycles. The Labute approximate surface area is 101 Å². The second kappa shape index (κ2) is 4.91. The number of hydrogen-bond donors (Lipinski definition) is 0. The Bertz CT molecular complexity index is 401. The first-order valence-electron chi connectivity index (χ1n) is 5.56. The third kappa shape index (κ3) is 2.24. The summed E-state index contributed by atoms with van der Waals surface area (Å²) in [4.78, 5) is 5.87. The van der Waals surface area contributed by atoms with E-state index in [2.05, 4.69) is 37.2 Å². The number of benzene rings is 1. The SMILES string of the molecule is CSc1ccccc1C1=NC(C(C)C)CO1. The van der Waals surface area contributed by atoms with Crippen molar-refractivity contribution in [2.24, 2.45) is 10.9 Å². The second-order valence-electron chi connectivity index (χ2n) is 4.26. The van der Waals surface area contributed by atoms with Crippen LogP contribution >= 0.6 is 11.8 Å². The molecule has 1 aliphatic rings. The Morgan fingerprint density at radius 1 is 1.38 bits per heavy atom. The Balaban J connectivity index is 2.28. The number of aliphatic imine (C=N–C) groups is 1. The highest BCUT2D eigenvalue weighted by atomic mass is 32.2. The molecule has 2 rings (SSSR count). The van der Waals surface area contributed by atoms with Crippen molar-refractivity contribution in [3.63, 3.8) is 0 Å². The summed E-state index contributed by atoms with van der Waals surface area (Å²) in [6, 6.07) is 8.57. The van der Waals surface area contributed by atoms with E-state index in [1.807, 2.05) is 12.1 Å². The molecule has 0 saturated heterocycles. The highest BCUT2D eigenvalue weighted by Crippen LogP contribution is 2.24. The van der Waals surface area contributed by atoms with Gasteiger partial charge in [-0.05, 0) is 24.3 Å². The molecule has 0 spiro atoms. The van der Waals surface area contributed by atoms with Crippen molar-refractivity contribution in [1.82, 2.24) is 0 Å². The van der Waals surface area contributed by atoms with Crippen molar-refractivity contribution < 1.29 is 4.74 Å². The maximum absolute atomic E-state index is 5.69. The minimum absolute atomic E-state index is 0.310. The number of ether oxygens (including phenoxy) is 1. The molecule has 0 radical (unpaired) electrons. The molecule has 86 valence electrons. The molecule has 1 aromatic carbocycles. The molecular formula is C13H17NOS. The van der Waals surface area contributed by atoms with Gasteiger partial charge in [-0.25, -0.2) is 4.99 Å². The highest BCUT2D eigenvalue weighted by molar-refractivity contribution is 7.98. The summed E-state index contributed by atoms with van der Waals surface area (Å²) in [7, 11) is 0. The van der Waals surface area contributed by atoms with Crippen molar-refractivity contribution in [2.45, 2.75) is 24.8 Å². The zero-order chi connectivity index (χ0) is 11.5. The number of nitrogens with zero attached hydrogens (tertiary/aromatic N) is 1. The van der Waals surface area contributed by atoms with Crippen molar-refractivity contribution in [3.05, 3.63) is 29.8 Å². The van der Waals surface area contributed by atoms with Crippen molar-refractivity contribution in [3.8, 4) is 0 Å². The summed E-state index contributed by atoms with van der Waals surface area (Å²) in [5.74, 6) is 1.35. The Morgan fingerprint density at radius 2 is 2.12 bits per heavy atom. The van der Waals surface area contributed by atoms with Crippen LogP contribution in [-0.4, -0.2) is 24.8 Å². The average Bonchev–Trinajstić information content (AvgIpc) is 2.78. The van der Waals surface area contributed by atoms with Gasteiger partial charge in [0.1, 0.15) is 6.61 Å². The van der Waals surface area contributed by atoms with Gasteiger partial charge in [0, 0.05) is 10.5 Å². The largest absolute Gasteiger partial charge is 0.475 e. The van der Waals surface area contributed by atoms with Gasteiger partial charge in [-0.3, -0.25) is 0 Å². The van der Waals surface area contributed by atoms with Crippen LogP contribution in [0.3, 0.4) is 0 Å². The van der Waals surface area contributed by atoms with Gasteiger partial charge in [-0.15, -0.1) is 11.8 Å². The van der Waals surface area contributed by atoms with E-state index >= 15 is 0 Å². The first kappa shape index (κ1) is 11.5. The van der Waals surface area contributed by atoms with Crippen LogP contribution < -0.4 is 0 Å². The third-order valence-corrected chi connectivity index (χ3v) is 3.58. The normalized spacial score (nSPS) is 19.8. The smallest absolute Gasteiger partial charge is 0.217 e. The first-order chi connectivity index (χ1) is 7.72. The number of thioether (sulfide) groups is 1. The molecule has 0 aromatic heterocycles. The Morgan fingerprint density at radius 3 is 2.75 bits per heavy atom. The van der Waals surface area contributed by atoms with Gasteiger partial charge in [0.15, 0.2) is 0 Å². The summed E-state index contributed by atoms with van der Waals surface area (Å²) >= 11 is 1.73. The molecular weight excluding hydrogens is 218 g/mol. The standard InChI is InChI=1S/C13H17NOS/c1-9(2)11-8-15-13(14-11)10-6-4-5-7-12(10)16-3/h4-7,9,11H,8H2,1-3H3. The zero-order valence-corrected chi connectivity index (χ0v) is 10.8. The summed E-state index contributed by atoms with van der Waals surface area (Å²) in [5.41, 5.74) is 1.12. The fraction of sp³-hybridized carbons (Fsp3) is 0.462. The monoisotopic (exact) mass is 235 g/mol. The fourth-order valence-electron chi connectivity index (χ4n) is 1.70. The van der Waals surface area contributed by atoms with Gasteiger partial charge >= 0.3 is 0 Å². The molecule has 0 amide bonds. The Kier molecular flexibility index (Phi) is 3.54. The maximum Gasteiger partial charge on any atom is 0.217 e. The molecule has 16 heavy (non-hydrogen) atoms. The lowest BCUT2D eigenvalue weighted by Crippen LogP contribution is -2.13. The molecule has 2 nitrogen and oxygen atoms in total. The molecule has 0 N–H and O–H groups in total. The van der Waals surface area contributed by atoms with E-state index in [9.17, 15) is 0 Å². The van der Waals surface area contributed by atoms with Crippen LogP contribution in [0.25, 0.3) is 0 Å². The van der Waals surface area contributed by atoms with E-state index in [0.29, 0.717) is 12.0 Å². The van der Waals surface area contributed by atoms with Crippen LogP contribution in [0, 0.1) is 5.92 Å². The average molecular weight is 235 g/mol. The van der Waals surface area contributed by atoms with E-state index in [-0.39, 0.29) is 0 Å². The predicted octanol–water partition coefficient (Wildman–Crippen LogP) is 3.21. The lowest BCUT2D eigenvalue weighted by molar-refractivity contribution is 0.291. The van der Waals surface area contributed by atoms with E-state index in [1.165, 1.54) is 4.90 Å². The van der Waals surface area contributed by atoms with Gasteiger partial charge in [-0.1, -0.05) is 26.0 Å². The van der Waals surface area contributed by atoms with Crippen LogP contribution in [0.15, 0.2) is 34.2 Å². The van der Waals surface area contributed by atoms with Crippen molar-refractivity contribution >= 4 is 17.7 Å². The van der Waals surface area contributed by atoms with Crippen molar-refractivity contribution in [2.75, 3.05) is 12.9 Å². The molecule has 1 aliphatic heterocycles. The maximum atomic E-state index is 5.69. The minimum Gasteiger partial charge on any atom is -0.475 e. The highest BCUT2D eigenvalue weighted by Gasteiger charge is 2.23. The Hall–Kier alpha value is -0.960. The minimum atomic E-state index is 0.310. The molecule has 1 aromatic rings. The molecule has 1 heterocycles. The predicted molar refractivity (Wildman–Crippen MR) is 69.3 cm³/mol. The molecule has 1 atom stereocenters. The van der Waals surface area contributed by atoms with Crippen LogP contribution in [0.5, 0.6) is 0 Å². The summed E-state index contributed by atoms with van der Waals surface area (Å²) in [6.07, 6.45) is 2.08. The third-order valence-electron chi connectivity index (χ3n) is 2.78. The number of rotatable bonds is 3. The van der Waals surface area contributed by atoms with Crippen molar-refractivity contribution in [1.29, 1.82) is 0 Å². The topological polar surface area (TPSA) is 21.6 Å². The van der Waals surface area contributed by atoms with Gasteiger partial charge in [0.05, 0.1) is 6.04 Å². The van der Waals surface area contributed by atoms with Crippen LogP contribution in [0.4, 0.5) is 0 Å². The first-order valence-corrected chi connectivity index (χ1v) is 6.79. The lowest BCUT2D eigenvalue weighted by Gasteiger charge is -2.06. The summed E-state index contributed by atoms with van der Waals surface area (Å²) in [5, 5.41) is 0. The van der Waals surface area contributed by atoms with E-state index in [1.54, 1.807) is 11.8 Å². The molecule has 3 heteroatoms. The fourth-order valence-corrected chi connectivity index (χ4v) is 2.29. The van der Waals surface area contributed by atoms with E-state index < -0.39 is 0 Å². The zero-order valence-electron chi connectivity index (χ0n) is 9.93. The van der Waals surface area contributed by atoms with E-state index in [0.717, 1.165) is 18.1 Å². The van der Waals surface area contributed by atoms with Crippen LogP contribution in [-0.2, 0) is 4.74 Å². The molecule has 0 bridgehead atoms. The van der Waals surface area contributed by atoms with Crippen LogP contribution in [0.1, 0.15) is 19.4 Å². The quantitative estimate of drug-likeness (QED) is 0.750. The summed E-state index contributed by atoms with van der Waals surface area (Å²) in [6.45, 7) is 5.08. The molecule has 1 unspecified atom stereocenters. The van der Waals surface area contributed by atoms with Gasteiger partial charge < -0.3 is 4.74 Å². The van der Waals surface area contributed by atoms with Gasteiger partial charge in [0.2, 0.25) is 5.90 Å².